The van der Waals surface area contributed by atoms with Crippen molar-refractivity contribution in [2.24, 2.45) is 5.73 Å². The highest BCUT2D eigenvalue weighted by Gasteiger charge is 2.09. The van der Waals surface area contributed by atoms with Crippen LogP contribution in [0.1, 0.15) is 22.9 Å². The molecule has 88 valence electrons. The molecule has 0 spiro atoms. The van der Waals surface area contributed by atoms with Gasteiger partial charge >= 0.3 is 0 Å². The van der Waals surface area contributed by atoms with E-state index in [2.05, 4.69) is 4.98 Å². The Kier molecular flexibility index (Phi) is 3.49. The highest BCUT2D eigenvalue weighted by molar-refractivity contribution is 5.28. The first-order valence-corrected chi connectivity index (χ1v) is 5.58. The summed E-state index contributed by atoms with van der Waals surface area (Å²) in [5, 5.41) is 0. The number of nitrogens with zero attached hydrogens (tertiary/aromatic N) is 1. The third-order valence-corrected chi connectivity index (χ3v) is 2.81. The van der Waals surface area contributed by atoms with Crippen molar-refractivity contribution in [3.63, 3.8) is 0 Å². The van der Waals surface area contributed by atoms with Crippen molar-refractivity contribution in [2.45, 2.75) is 19.4 Å². The van der Waals surface area contributed by atoms with Gasteiger partial charge < -0.3 is 5.73 Å². The SMILES string of the molecule is Cc1cc(F)ccc1CC(N)c1ccccn1. The largest absolute Gasteiger partial charge is 0.322 e. The molecule has 0 bridgehead atoms. The molecule has 1 aromatic carbocycles. The standard InChI is InChI=1S/C14H15FN2/c1-10-8-12(15)6-5-11(10)9-13(16)14-4-2-3-7-17-14/h2-8,13H,9,16H2,1H3. The summed E-state index contributed by atoms with van der Waals surface area (Å²) in [4.78, 5) is 4.22. The van der Waals surface area contributed by atoms with Crippen LogP contribution in [-0.4, -0.2) is 4.98 Å². The van der Waals surface area contributed by atoms with Crippen molar-refractivity contribution >= 4 is 0 Å². The van der Waals surface area contributed by atoms with E-state index in [0.29, 0.717) is 6.42 Å². The average Bonchev–Trinajstić information content (AvgIpc) is 2.34. The molecule has 2 N–H and O–H groups in total. The smallest absolute Gasteiger partial charge is 0.123 e. The normalized spacial score (nSPS) is 12.4. The Balaban J connectivity index is 2.16. The van der Waals surface area contributed by atoms with Crippen LogP contribution in [0.5, 0.6) is 0 Å². The van der Waals surface area contributed by atoms with Crippen LogP contribution in [0.15, 0.2) is 42.6 Å². The minimum atomic E-state index is -0.211. The number of halogens is 1. The molecular weight excluding hydrogens is 215 g/mol. The van der Waals surface area contributed by atoms with Crippen molar-refractivity contribution in [3.8, 4) is 0 Å². The molecule has 0 saturated carbocycles. The van der Waals surface area contributed by atoms with E-state index in [4.69, 9.17) is 5.73 Å². The van der Waals surface area contributed by atoms with Crippen LogP contribution in [-0.2, 0) is 6.42 Å². The fourth-order valence-electron chi connectivity index (χ4n) is 1.83. The first-order valence-electron chi connectivity index (χ1n) is 5.58. The molecule has 3 heteroatoms. The molecule has 0 saturated heterocycles. The van der Waals surface area contributed by atoms with Crippen LogP contribution in [0.2, 0.25) is 0 Å². The molecule has 0 fully saturated rings. The van der Waals surface area contributed by atoms with E-state index in [9.17, 15) is 4.39 Å². The molecular formula is C14H15FN2. The lowest BCUT2D eigenvalue weighted by Crippen LogP contribution is -2.15. The van der Waals surface area contributed by atoms with Crippen LogP contribution < -0.4 is 5.73 Å². The van der Waals surface area contributed by atoms with Crippen LogP contribution in [0.25, 0.3) is 0 Å². The lowest BCUT2D eigenvalue weighted by molar-refractivity contribution is 0.623. The maximum Gasteiger partial charge on any atom is 0.123 e. The van der Waals surface area contributed by atoms with E-state index < -0.39 is 0 Å². The molecule has 0 aliphatic rings. The number of rotatable bonds is 3. The summed E-state index contributed by atoms with van der Waals surface area (Å²) in [7, 11) is 0. The third-order valence-electron chi connectivity index (χ3n) is 2.81. The summed E-state index contributed by atoms with van der Waals surface area (Å²) in [6.45, 7) is 1.89. The Morgan fingerprint density at radius 2 is 2.12 bits per heavy atom. The minimum Gasteiger partial charge on any atom is -0.322 e. The van der Waals surface area contributed by atoms with E-state index in [1.807, 2.05) is 25.1 Å². The lowest BCUT2D eigenvalue weighted by Gasteiger charge is -2.12. The first kappa shape index (κ1) is 11.7. The van der Waals surface area contributed by atoms with Crippen molar-refractivity contribution in [2.75, 3.05) is 0 Å². The van der Waals surface area contributed by atoms with Gasteiger partial charge in [0.05, 0.1) is 11.7 Å². The summed E-state index contributed by atoms with van der Waals surface area (Å²) in [6.07, 6.45) is 2.40. The molecule has 2 aromatic rings. The lowest BCUT2D eigenvalue weighted by atomic mass is 9.99. The topological polar surface area (TPSA) is 38.9 Å². The van der Waals surface area contributed by atoms with Crippen molar-refractivity contribution in [3.05, 3.63) is 65.2 Å². The second-order valence-corrected chi connectivity index (χ2v) is 4.14. The molecule has 0 aliphatic carbocycles. The Labute approximate surface area is 100 Å². The van der Waals surface area contributed by atoms with Crippen molar-refractivity contribution < 1.29 is 4.39 Å². The Morgan fingerprint density at radius 3 is 2.76 bits per heavy atom. The number of aromatic nitrogens is 1. The number of hydrogen-bond donors (Lipinski definition) is 1. The zero-order valence-electron chi connectivity index (χ0n) is 9.73. The predicted molar refractivity (Wildman–Crippen MR) is 66.0 cm³/mol. The fraction of sp³-hybridized carbons (Fsp3) is 0.214. The van der Waals surface area contributed by atoms with Crippen LogP contribution in [0.3, 0.4) is 0 Å². The molecule has 1 aromatic heterocycles. The van der Waals surface area contributed by atoms with Gasteiger partial charge in [0.2, 0.25) is 0 Å². The summed E-state index contributed by atoms with van der Waals surface area (Å²) in [5.74, 6) is -0.211. The Hall–Kier alpha value is -1.74. The number of aryl methyl sites for hydroxylation is 1. The van der Waals surface area contributed by atoms with Gasteiger partial charge in [0.1, 0.15) is 5.82 Å². The third kappa shape index (κ3) is 2.88. The molecule has 0 amide bonds. The van der Waals surface area contributed by atoms with Gasteiger partial charge in [-0.15, -0.1) is 0 Å². The number of pyridine rings is 1. The Bertz CT molecular complexity index is 497. The zero-order valence-corrected chi connectivity index (χ0v) is 9.73. The van der Waals surface area contributed by atoms with Gasteiger partial charge in [0.15, 0.2) is 0 Å². The molecule has 2 nitrogen and oxygen atoms in total. The second-order valence-electron chi connectivity index (χ2n) is 4.14. The second kappa shape index (κ2) is 5.06. The van der Waals surface area contributed by atoms with Crippen molar-refractivity contribution in [1.82, 2.24) is 4.98 Å². The fourth-order valence-corrected chi connectivity index (χ4v) is 1.83. The van der Waals surface area contributed by atoms with E-state index in [0.717, 1.165) is 16.8 Å². The van der Waals surface area contributed by atoms with Gasteiger partial charge in [-0.3, -0.25) is 4.98 Å². The highest BCUT2D eigenvalue weighted by Crippen LogP contribution is 2.17. The predicted octanol–water partition coefficient (Wildman–Crippen LogP) is 2.77. The molecule has 1 atom stereocenters. The van der Waals surface area contributed by atoms with Gasteiger partial charge in [-0.2, -0.15) is 0 Å². The van der Waals surface area contributed by atoms with Gasteiger partial charge in [-0.25, -0.2) is 4.39 Å². The van der Waals surface area contributed by atoms with E-state index >= 15 is 0 Å². The van der Waals surface area contributed by atoms with Crippen LogP contribution in [0, 0.1) is 12.7 Å². The summed E-state index contributed by atoms with van der Waals surface area (Å²) >= 11 is 0. The number of nitrogens with two attached hydrogens (primary N) is 1. The van der Waals surface area contributed by atoms with Crippen LogP contribution >= 0.6 is 0 Å². The molecule has 0 radical (unpaired) electrons. The number of benzene rings is 1. The maximum absolute atomic E-state index is 13.0. The van der Waals surface area contributed by atoms with Gasteiger partial charge in [0, 0.05) is 6.20 Å². The van der Waals surface area contributed by atoms with E-state index in [1.54, 1.807) is 12.3 Å². The summed E-state index contributed by atoms with van der Waals surface area (Å²) < 4.78 is 13.0. The van der Waals surface area contributed by atoms with E-state index in [-0.39, 0.29) is 11.9 Å². The molecule has 17 heavy (non-hydrogen) atoms. The minimum absolute atomic E-state index is 0.152. The van der Waals surface area contributed by atoms with E-state index in [1.165, 1.54) is 12.1 Å². The van der Waals surface area contributed by atoms with Crippen LogP contribution in [0.4, 0.5) is 4.39 Å². The van der Waals surface area contributed by atoms with Gasteiger partial charge in [0.25, 0.3) is 0 Å². The molecule has 1 heterocycles. The maximum atomic E-state index is 13.0. The summed E-state index contributed by atoms with van der Waals surface area (Å²) in [6, 6.07) is 10.3. The molecule has 2 rings (SSSR count). The first-order chi connectivity index (χ1) is 8.16. The molecule has 1 unspecified atom stereocenters. The Morgan fingerprint density at radius 1 is 1.29 bits per heavy atom. The highest BCUT2D eigenvalue weighted by atomic mass is 19.1. The molecule has 0 aliphatic heterocycles. The summed E-state index contributed by atoms with van der Waals surface area (Å²) in [5.41, 5.74) is 8.92. The monoisotopic (exact) mass is 230 g/mol. The quantitative estimate of drug-likeness (QED) is 0.880. The van der Waals surface area contributed by atoms with Gasteiger partial charge in [-0.1, -0.05) is 12.1 Å². The van der Waals surface area contributed by atoms with Crippen molar-refractivity contribution in [1.29, 1.82) is 0 Å². The zero-order chi connectivity index (χ0) is 12.3. The average molecular weight is 230 g/mol. The van der Waals surface area contributed by atoms with Gasteiger partial charge in [-0.05, 0) is 48.7 Å². The number of hydrogen-bond acceptors (Lipinski definition) is 2.